The number of hydrogen-bond donors (Lipinski definition) is 0. The van der Waals surface area contributed by atoms with E-state index in [0.717, 1.165) is 65.3 Å². The molecule has 0 bridgehead atoms. The number of fused-ring (bicyclic) bond motifs is 2. The largest absolute Gasteiger partial charge is 0.488 e. The molecular weight excluding hydrogens is 877 g/mol. The van der Waals surface area contributed by atoms with Gasteiger partial charge in [-0.05, 0) is 110 Å². The maximum Gasteiger partial charge on any atom is 0.319 e. The Morgan fingerprint density at radius 3 is 2.28 bits per heavy atom. The smallest absolute Gasteiger partial charge is 0.319 e. The number of quaternary nitrogens is 1. The molecule has 4 aromatic carbocycles. The van der Waals surface area contributed by atoms with E-state index in [1.54, 1.807) is 36.4 Å². The quantitative estimate of drug-likeness (QED) is 0.113. The first kappa shape index (κ1) is 47.0. The molecule has 0 spiro atoms. The Morgan fingerprint density at radius 1 is 0.870 bits per heavy atom. The maximum absolute atomic E-state index is 15.2. The Kier molecular flexibility index (Phi) is 13.3. The minimum atomic E-state index is -2.99. The van der Waals surface area contributed by atoms with E-state index in [4.69, 9.17) is 9.47 Å². The van der Waals surface area contributed by atoms with Crippen LogP contribution in [0.3, 0.4) is 0 Å². The minimum Gasteiger partial charge on any atom is -0.488 e. The Morgan fingerprint density at radius 2 is 1.58 bits per heavy atom. The van der Waals surface area contributed by atoms with Gasteiger partial charge >= 0.3 is 6.55 Å². The van der Waals surface area contributed by atoms with Gasteiger partial charge in [-0.15, -0.1) is 0 Å². The number of nitriles is 1. The first-order chi connectivity index (χ1) is 33.2. The van der Waals surface area contributed by atoms with Gasteiger partial charge in [-0.25, -0.2) is 0 Å². The molecular formula is C55H58F2N7O5+. The van der Waals surface area contributed by atoms with E-state index in [1.165, 1.54) is 23.5 Å². The predicted molar refractivity (Wildman–Crippen MR) is 259 cm³/mol. The van der Waals surface area contributed by atoms with Crippen LogP contribution in [0.5, 0.6) is 5.75 Å². The van der Waals surface area contributed by atoms with E-state index in [0.29, 0.717) is 77.4 Å². The Labute approximate surface area is 402 Å². The van der Waals surface area contributed by atoms with Crippen LogP contribution >= 0.6 is 0 Å². The van der Waals surface area contributed by atoms with Crippen molar-refractivity contribution in [1.29, 1.82) is 5.26 Å². The first-order valence-electron chi connectivity index (χ1n) is 23.6. The molecule has 3 amide bonds. The number of likely N-dealkylation sites (N-methyl/N-ethyl adjacent to an activating group) is 1. The third-order valence-corrected chi connectivity index (χ3v) is 14.5. The van der Waals surface area contributed by atoms with Crippen molar-refractivity contribution in [3.63, 3.8) is 0 Å². The average Bonchev–Trinajstić information content (AvgIpc) is 3.85. The summed E-state index contributed by atoms with van der Waals surface area (Å²) in [5.41, 5.74) is 8.09. The lowest BCUT2D eigenvalue weighted by atomic mass is 9.89. The van der Waals surface area contributed by atoms with Gasteiger partial charge in [-0.1, -0.05) is 54.6 Å². The number of hydrogen-bond acceptors (Lipinski definition) is 6. The number of anilines is 2. The molecule has 12 nitrogen and oxygen atoms in total. The lowest BCUT2D eigenvalue weighted by Gasteiger charge is -2.37. The van der Waals surface area contributed by atoms with Crippen LogP contribution in [-0.4, -0.2) is 100 Å². The van der Waals surface area contributed by atoms with Crippen molar-refractivity contribution in [3.8, 4) is 23.1 Å². The van der Waals surface area contributed by atoms with E-state index < -0.39 is 12.5 Å². The van der Waals surface area contributed by atoms with Crippen LogP contribution in [0, 0.1) is 25.2 Å². The average molecular weight is 935 g/mol. The molecule has 1 saturated heterocycles. The van der Waals surface area contributed by atoms with Gasteiger partial charge in [0, 0.05) is 66.6 Å². The molecule has 9 rings (SSSR count). The fourth-order valence-electron chi connectivity index (χ4n) is 10.1. The molecule has 6 aromatic rings. The number of carbonyl (C=O) groups is 3. The monoisotopic (exact) mass is 934 g/mol. The summed E-state index contributed by atoms with van der Waals surface area (Å²) in [5, 5.41) is 9.84. The molecule has 3 aliphatic rings. The number of aromatic nitrogens is 2. The Balaban J connectivity index is 1.03. The fraction of sp³-hybridized carbons (Fsp3) is 0.345. The van der Waals surface area contributed by atoms with E-state index in [2.05, 4.69) is 26.1 Å². The number of halogens is 2. The highest BCUT2D eigenvalue weighted by Crippen LogP contribution is 2.39. The molecule has 3 aliphatic heterocycles. The molecule has 1 fully saturated rings. The second-order valence-corrected chi connectivity index (χ2v) is 18.9. The van der Waals surface area contributed by atoms with Crippen LogP contribution < -0.4 is 9.64 Å². The zero-order valence-electron chi connectivity index (χ0n) is 39.9. The van der Waals surface area contributed by atoms with Crippen LogP contribution in [0.2, 0.25) is 0 Å². The highest BCUT2D eigenvalue weighted by molar-refractivity contribution is 6.13. The number of alkyl halides is 2. The number of morpholine rings is 1. The summed E-state index contributed by atoms with van der Waals surface area (Å²) in [6.07, 6.45) is 1.48. The topological polar surface area (TPSA) is 113 Å². The zero-order valence-corrected chi connectivity index (χ0v) is 39.9. The lowest BCUT2D eigenvalue weighted by Crippen LogP contribution is -2.53. The number of para-hydroxylation sites is 1. The van der Waals surface area contributed by atoms with Gasteiger partial charge in [-0.2, -0.15) is 14.0 Å². The predicted octanol–water partition coefficient (Wildman–Crippen LogP) is 8.93. The van der Waals surface area contributed by atoms with Crippen molar-refractivity contribution in [3.05, 3.63) is 159 Å². The number of ether oxygens (including phenoxy) is 2. The highest BCUT2D eigenvalue weighted by Gasteiger charge is 2.34. The third-order valence-electron chi connectivity index (χ3n) is 14.5. The molecule has 69 heavy (non-hydrogen) atoms. The Bertz CT molecular complexity index is 2950. The van der Waals surface area contributed by atoms with Crippen LogP contribution in [0.15, 0.2) is 103 Å². The van der Waals surface area contributed by atoms with E-state index in [1.807, 2.05) is 82.9 Å². The molecule has 0 aliphatic carbocycles. The third kappa shape index (κ3) is 9.41. The summed E-state index contributed by atoms with van der Waals surface area (Å²) in [7, 11) is 4.08. The van der Waals surface area contributed by atoms with Gasteiger partial charge in [0.05, 0.1) is 37.9 Å². The number of nitrogens with zero attached hydrogens (tertiary/aromatic N) is 7. The van der Waals surface area contributed by atoms with Crippen molar-refractivity contribution in [2.45, 2.75) is 65.7 Å². The minimum absolute atomic E-state index is 0.0116. The van der Waals surface area contributed by atoms with Crippen molar-refractivity contribution in [2.75, 3.05) is 57.9 Å². The van der Waals surface area contributed by atoms with Gasteiger partial charge < -0.3 is 28.3 Å². The van der Waals surface area contributed by atoms with Gasteiger partial charge in [0.1, 0.15) is 43.8 Å². The second kappa shape index (κ2) is 19.5. The zero-order chi connectivity index (χ0) is 48.6. The normalized spacial score (nSPS) is 16.4. The highest BCUT2D eigenvalue weighted by atomic mass is 19.3. The number of benzene rings is 4. The summed E-state index contributed by atoms with van der Waals surface area (Å²) < 4.78 is 43.7. The van der Waals surface area contributed by atoms with Gasteiger partial charge in [0.25, 0.3) is 11.8 Å². The SMILES string of the molecule is Cc1c(C(=O)N(c2ccccc2)c2cc(C#N)n(C(F)F)c2C)cc(-c2cc3c(cc2C(=O)N2Cc4ccccc4C[C@H]2C)CN(C(=O)Cc2ccc(OCC[N+]4(C)CCOCC4)cc2)CC3)n1C. The second-order valence-electron chi connectivity index (χ2n) is 18.9. The summed E-state index contributed by atoms with van der Waals surface area (Å²) in [6, 6.07) is 33.5. The van der Waals surface area contributed by atoms with Crippen molar-refractivity contribution < 1.29 is 37.1 Å². The lowest BCUT2D eigenvalue weighted by molar-refractivity contribution is -0.916. The van der Waals surface area contributed by atoms with Gasteiger partial charge in [0.2, 0.25) is 5.91 Å². The summed E-state index contributed by atoms with van der Waals surface area (Å²) in [5.74, 6) is 0.113. The number of rotatable bonds is 12. The van der Waals surface area contributed by atoms with Gasteiger partial charge in [-0.3, -0.25) is 23.9 Å². The maximum atomic E-state index is 15.2. The Hall–Kier alpha value is -7.08. The molecule has 0 saturated carbocycles. The molecule has 0 N–H and O–H groups in total. The first-order valence-corrected chi connectivity index (χ1v) is 23.6. The number of carbonyl (C=O) groups excluding carboxylic acids is 3. The van der Waals surface area contributed by atoms with E-state index in [9.17, 15) is 18.8 Å². The van der Waals surface area contributed by atoms with Crippen LogP contribution in [0.4, 0.5) is 20.2 Å². The summed E-state index contributed by atoms with van der Waals surface area (Å²) in [6.45, 7) is 8.58. The van der Waals surface area contributed by atoms with Crippen molar-refractivity contribution in [1.82, 2.24) is 18.9 Å². The van der Waals surface area contributed by atoms with Crippen LogP contribution in [0.25, 0.3) is 11.3 Å². The molecule has 0 unspecified atom stereocenters. The number of amides is 3. The van der Waals surface area contributed by atoms with Crippen molar-refractivity contribution in [2.24, 2.45) is 7.05 Å². The summed E-state index contributed by atoms with van der Waals surface area (Å²) in [4.78, 5) is 49.3. The standard InChI is InChI=1S/C55H58F2N7O5/c1-36-27-40-11-9-10-12-42(40)35-61(36)53(66)49-30-43-34-60(52(65)28-39-15-17-46(18-16-39)69-26-23-64(5)21-24-68-25-22-64)20-19-41(43)29-48(49)51-32-47(37(2)59(51)4)54(67)63(44-13-7-6-8-14-44)50-31-45(33-58)62(38(50)3)55(56)57/h6-18,29-32,36,55H,19-28,34-35H2,1-5H3/q+1/t36-/m1/s1. The molecule has 0 radical (unpaired) electrons. The fourth-order valence-corrected chi connectivity index (χ4v) is 10.1. The molecule has 1 atom stereocenters. The summed E-state index contributed by atoms with van der Waals surface area (Å²) >= 11 is 0. The van der Waals surface area contributed by atoms with Crippen LogP contribution in [-0.2, 0) is 48.9 Å². The van der Waals surface area contributed by atoms with E-state index in [-0.39, 0.29) is 41.4 Å². The van der Waals surface area contributed by atoms with Crippen LogP contribution in [0.1, 0.15) is 79.1 Å². The van der Waals surface area contributed by atoms with Crippen molar-refractivity contribution >= 4 is 29.1 Å². The van der Waals surface area contributed by atoms with E-state index >= 15 is 9.59 Å². The molecule has 5 heterocycles. The molecule has 14 heteroatoms. The van der Waals surface area contributed by atoms with Gasteiger partial charge in [0.15, 0.2) is 0 Å². The molecule has 356 valence electrons. The molecule has 2 aromatic heterocycles.